The summed E-state index contributed by atoms with van der Waals surface area (Å²) in [6.07, 6.45) is 1.39. The van der Waals surface area contributed by atoms with Gasteiger partial charge in [0.15, 0.2) is 0 Å². The highest BCUT2D eigenvalue weighted by Gasteiger charge is 2.36. The van der Waals surface area contributed by atoms with Crippen LogP contribution in [0.2, 0.25) is 0 Å². The molecule has 6 nitrogen and oxygen atoms in total. The number of likely N-dealkylation sites (tertiary alicyclic amines) is 1. The molecule has 1 heterocycles. The molecule has 1 aliphatic heterocycles. The number of aliphatic carboxylic acids is 1. The Bertz CT molecular complexity index is 501. The number of rotatable bonds is 4. The smallest absolute Gasteiger partial charge is 0.320 e. The molecular weight excluding hydrogens is 258 g/mol. The number of nitrogens with one attached hydrogen (secondary N) is 1. The number of benzene rings is 1. The van der Waals surface area contributed by atoms with Crippen LogP contribution in [-0.4, -0.2) is 40.5 Å². The maximum Gasteiger partial charge on any atom is 0.320 e. The van der Waals surface area contributed by atoms with E-state index in [1.54, 1.807) is 36.1 Å². The van der Waals surface area contributed by atoms with E-state index in [-0.39, 0.29) is 5.91 Å². The van der Waals surface area contributed by atoms with Gasteiger partial charge in [-0.25, -0.2) is 0 Å². The van der Waals surface area contributed by atoms with Gasteiger partial charge in [0.05, 0.1) is 6.04 Å². The molecule has 1 fully saturated rings. The van der Waals surface area contributed by atoms with E-state index in [1.807, 2.05) is 0 Å². The minimum atomic E-state index is -0.866. The van der Waals surface area contributed by atoms with Crippen LogP contribution in [0.4, 0.5) is 11.4 Å². The third kappa shape index (κ3) is 3.08. The zero-order valence-electron chi connectivity index (χ0n) is 11.4. The van der Waals surface area contributed by atoms with Gasteiger partial charge in [-0.15, -0.1) is 0 Å². The van der Waals surface area contributed by atoms with Crippen molar-refractivity contribution in [2.45, 2.75) is 31.8 Å². The Morgan fingerprint density at radius 1 is 1.40 bits per heavy atom. The Morgan fingerprint density at radius 3 is 2.65 bits per heavy atom. The summed E-state index contributed by atoms with van der Waals surface area (Å²) in [5, 5.41) is 11.9. The minimum absolute atomic E-state index is 0.206. The summed E-state index contributed by atoms with van der Waals surface area (Å²) in [6.45, 7) is 2.36. The van der Waals surface area contributed by atoms with Gasteiger partial charge >= 0.3 is 5.97 Å². The molecule has 1 aliphatic rings. The molecule has 0 saturated carbocycles. The quantitative estimate of drug-likeness (QED) is 0.717. The predicted octanol–water partition coefficient (Wildman–Crippen LogP) is 1.14. The molecule has 0 bridgehead atoms. The maximum atomic E-state index is 12.2. The molecule has 0 aromatic heterocycles. The molecule has 0 radical (unpaired) electrons. The van der Waals surface area contributed by atoms with Crippen molar-refractivity contribution in [1.29, 1.82) is 0 Å². The van der Waals surface area contributed by atoms with Crippen molar-refractivity contribution in [3.63, 3.8) is 0 Å². The fraction of sp³-hybridized carbons (Fsp3) is 0.429. The van der Waals surface area contributed by atoms with E-state index < -0.39 is 18.1 Å². The van der Waals surface area contributed by atoms with E-state index >= 15 is 0 Å². The second-order valence-corrected chi connectivity index (χ2v) is 5.02. The molecule has 1 saturated heterocycles. The number of carbonyl (C=O) groups is 2. The van der Waals surface area contributed by atoms with Crippen molar-refractivity contribution in [2.75, 3.05) is 17.6 Å². The summed E-state index contributed by atoms with van der Waals surface area (Å²) in [7, 11) is 0. The summed E-state index contributed by atoms with van der Waals surface area (Å²) in [5.74, 6) is -1.07. The molecule has 20 heavy (non-hydrogen) atoms. The fourth-order valence-corrected chi connectivity index (χ4v) is 2.48. The second kappa shape index (κ2) is 5.92. The average molecular weight is 277 g/mol. The lowest BCUT2D eigenvalue weighted by atomic mass is 10.2. The van der Waals surface area contributed by atoms with E-state index in [0.717, 1.165) is 6.42 Å². The topological polar surface area (TPSA) is 95.7 Å². The zero-order chi connectivity index (χ0) is 14.7. The zero-order valence-corrected chi connectivity index (χ0v) is 11.4. The monoisotopic (exact) mass is 277 g/mol. The highest BCUT2D eigenvalue weighted by Crippen LogP contribution is 2.21. The first-order valence-electron chi connectivity index (χ1n) is 6.64. The third-order valence-electron chi connectivity index (χ3n) is 3.63. The number of hydrogen-bond donors (Lipinski definition) is 3. The molecule has 2 unspecified atom stereocenters. The van der Waals surface area contributed by atoms with Crippen LogP contribution < -0.4 is 11.1 Å². The van der Waals surface area contributed by atoms with Gasteiger partial charge in [0.2, 0.25) is 5.91 Å². The van der Waals surface area contributed by atoms with Gasteiger partial charge < -0.3 is 16.2 Å². The van der Waals surface area contributed by atoms with E-state index in [9.17, 15) is 9.59 Å². The SMILES string of the molecule is CC(C(=O)Nc1ccc(N)cc1)N1CCCC1C(=O)O. The molecule has 6 heteroatoms. The predicted molar refractivity (Wildman–Crippen MR) is 76.3 cm³/mol. The summed E-state index contributed by atoms with van der Waals surface area (Å²) in [4.78, 5) is 25.1. The molecule has 0 aliphatic carbocycles. The summed E-state index contributed by atoms with van der Waals surface area (Å²) in [5.41, 5.74) is 6.86. The van der Waals surface area contributed by atoms with Gasteiger partial charge in [-0.3, -0.25) is 14.5 Å². The van der Waals surface area contributed by atoms with Crippen LogP contribution in [0.5, 0.6) is 0 Å². The van der Waals surface area contributed by atoms with E-state index in [2.05, 4.69) is 5.32 Å². The summed E-state index contributed by atoms with van der Waals surface area (Å²) < 4.78 is 0. The van der Waals surface area contributed by atoms with Gasteiger partial charge in [0, 0.05) is 11.4 Å². The third-order valence-corrected chi connectivity index (χ3v) is 3.63. The van der Waals surface area contributed by atoms with E-state index in [0.29, 0.717) is 24.3 Å². The average Bonchev–Trinajstić information content (AvgIpc) is 2.90. The summed E-state index contributed by atoms with van der Waals surface area (Å²) in [6, 6.07) is 5.81. The Morgan fingerprint density at radius 2 is 2.05 bits per heavy atom. The number of nitrogens with two attached hydrogens (primary N) is 1. The van der Waals surface area contributed by atoms with Crippen LogP contribution >= 0.6 is 0 Å². The van der Waals surface area contributed by atoms with Gasteiger partial charge in [-0.05, 0) is 50.6 Å². The molecule has 2 rings (SSSR count). The number of anilines is 2. The Kier molecular flexibility index (Phi) is 4.24. The number of nitrogen functional groups attached to an aromatic ring is 1. The van der Waals surface area contributed by atoms with Crippen LogP contribution in [-0.2, 0) is 9.59 Å². The van der Waals surface area contributed by atoms with Crippen molar-refractivity contribution in [3.8, 4) is 0 Å². The summed E-state index contributed by atoms with van der Waals surface area (Å²) >= 11 is 0. The Balaban J connectivity index is 2.01. The van der Waals surface area contributed by atoms with Crippen LogP contribution in [0.25, 0.3) is 0 Å². The van der Waals surface area contributed by atoms with Gasteiger partial charge in [-0.2, -0.15) is 0 Å². The molecule has 1 aromatic rings. The first-order valence-corrected chi connectivity index (χ1v) is 6.64. The number of carbonyl (C=O) groups excluding carboxylic acids is 1. The number of amides is 1. The lowest BCUT2D eigenvalue weighted by Crippen LogP contribution is -2.47. The first-order chi connectivity index (χ1) is 9.49. The highest BCUT2D eigenvalue weighted by atomic mass is 16.4. The van der Waals surface area contributed by atoms with Crippen LogP contribution in [0.3, 0.4) is 0 Å². The largest absolute Gasteiger partial charge is 0.480 e. The Labute approximate surface area is 117 Å². The van der Waals surface area contributed by atoms with Crippen molar-refractivity contribution in [1.82, 2.24) is 4.90 Å². The number of carboxylic acids is 1. The van der Waals surface area contributed by atoms with E-state index in [4.69, 9.17) is 10.8 Å². The number of carboxylic acid groups (broad SMARTS) is 1. The first kappa shape index (κ1) is 14.3. The molecule has 4 N–H and O–H groups in total. The van der Waals surface area contributed by atoms with E-state index in [1.165, 1.54) is 0 Å². The van der Waals surface area contributed by atoms with Crippen LogP contribution in [0, 0.1) is 0 Å². The second-order valence-electron chi connectivity index (χ2n) is 5.02. The lowest BCUT2D eigenvalue weighted by molar-refractivity contribution is -0.143. The van der Waals surface area contributed by atoms with Gasteiger partial charge in [0.25, 0.3) is 0 Å². The van der Waals surface area contributed by atoms with Crippen molar-refractivity contribution in [3.05, 3.63) is 24.3 Å². The van der Waals surface area contributed by atoms with Gasteiger partial charge in [-0.1, -0.05) is 0 Å². The number of hydrogen-bond acceptors (Lipinski definition) is 4. The van der Waals surface area contributed by atoms with Crippen molar-refractivity contribution >= 4 is 23.3 Å². The molecule has 1 aromatic carbocycles. The Hall–Kier alpha value is -2.08. The fourth-order valence-electron chi connectivity index (χ4n) is 2.48. The highest BCUT2D eigenvalue weighted by molar-refractivity contribution is 5.95. The van der Waals surface area contributed by atoms with Crippen LogP contribution in [0.1, 0.15) is 19.8 Å². The standard InChI is InChI=1S/C14H19N3O3/c1-9(17-8-2-3-12(17)14(19)20)13(18)16-11-6-4-10(15)5-7-11/h4-7,9,12H,2-3,8,15H2,1H3,(H,16,18)(H,19,20). The van der Waals surface area contributed by atoms with Crippen molar-refractivity contribution in [2.24, 2.45) is 0 Å². The normalized spacial score (nSPS) is 20.6. The lowest BCUT2D eigenvalue weighted by Gasteiger charge is -2.27. The molecule has 1 amide bonds. The van der Waals surface area contributed by atoms with Gasteiger partial charge in [0.1, 0.15) is 6.04 Å². The molecular formula is C14H19N3O3. The van der Waals surface area contributed by atoms with Crippen molar-refractivity contribution < 1.29 is 14.7 Å². The minimum Gasteiger partial charge on any atom is -0.480 e. The molecule has 2 atom stereocenters. The van der Waals surface area contributed by atoms with Crippen LogP contribution in [0.15, 0.2) is 24.3 Å². The number of nitrogens with zero attached hydrogens (tertiary/aromatic N) is 1. The maximum absolute atomic E-state index is 12.2. The molecule has 0 spiro atoms. The molecule has 108 valence electrons.